The van der Waals surface area contributed by atoms with E-state index in [0.717, 1.165) is 6.26 Å². The minimum Gasteiger partial charge on any atom is -0.298 e. The van der Waals surface area contributed by atoms with Crippen molar-refractivity contribution >= 4 is 25.5 Å². The van der Waals surface area contributed by atoms with Crippen LogP contribution in [0.3, 0.4) is 0 Å². The third-order valence-corrected chi connectivity index (χ3v) is 5.83. The number of hydrogen-bond acceptors (Lipinski definition) is 5. The SMILES string of the molecule is CS(=O)(=O)CCC(=O)C1CCCCS1(=O)=O. The van der Waals surface area contributed by atoms with Crippen molar-refractivity contribution in [3.8, 4) is 0 Å². The lowest BCUT2D eigenvalue weighted by Gasteiger charge is -2.20. The van der Waals surface area contributed by atoms with Crippen LogP contribution < -0.4 is 0 Å². The molecule has 0 bridgehead atoms. The van der Waals surface area contributed by atoms with Gasteiger partial charge in [0.25, 0.3) is 0 Å². The number of ketones is 1. The van der Waals surface area contributed by atoms with Gasteiger partial charge >= 0.3 is 0 Å². The molecular weight excluding hydrogens is 252 g/mol. The summed E-state index contributed by atoms with van der Waals surface area (Å²) in [5.41, 5.74) is 0. The van der Waals surface area contributed by atoms with E-state index in [1.54, 1.807) is 0 Å². The monoisotopic (exact) mass is 268 g/mol. The Kier molecular flexibility index (Phi) is 4.12. The highest BCUT2D eigenvalue weighted by Crippen LogP contribution is 2.21. The van der Waals surface area contributed by atoms with Gasteiger partial charge in [-0.05, 0) is 12.8 Å². The van der Waals surface area contributed by atoms with Crippen molar-refractivity contribution in [2.45, 2.75) is 30.9 Å². The van der Waals surface area contributed by atoms with Gasteiger partial charge in [-0.1, -0.05) is 6.42 Å². The van der Waals surface area contributed by atoms with Crippen molar-refractivity contribution < 1.29 is 21.6 Å². The summed E-state index contributed by atoms with van der Waals surface area (Å²) >= 11 is 0. The number of sulfone groups is 2. The predicted octanol–water partition coefficient (Wildman–Crippen LogP) is -0.0425. The van der Waals surface area contributed by atoms with Crippen LogP contribution >= 0.6 is 0 Å². The standard InChI is InChI=1S/C9H16O5S2/c1-15(11,12)7-5-8(10)9-4-2-3-6-16(9,13)14/h9H,2-7H2,1H3. The maximum absolute atomic E-state index is 11.6. The minimum absolute atomic E-state index is 0.0439. The van der Waals surface area contributed by atoms with Crippen molar-refractivity contribution in [2.75, 3.05) is 17.8 Å². The van der Waals surface area contributed by atoms with Gasteiger partial charge in [-0.3, -0.25) is 4.79 Å². The van der Waals surface area contributed by atoms with E-state index in [9.17, 15) is 21.6 Å². The zero-order valence-corrected chi connectivity index (χ0v) is 10.8. The largest absolute Gasteiger partial charge is 0.298 e. The smallest absolute Gasteiger partial charge is 0.160 e. The van der Waals surface area contributed by atoms with Gasteiger partial charge in [-0.15, -0.1) is 0 Å². The number of Topliss-reactive ketones (excluding diaryl/α,β-unsaturated/α-hetero) is 1. The van der Waals surface area contributed by atoms with Crippen LogP contribution in [0.25, 0.3) is 0 Å². The molecule has 1 atom stereocenters. The van der Waals surface area contributed by atoms with E-state index < -0.39 is 30.7 Å². The van der Waals surface area contributed by atoms with Gasteiger partial charge in [0.05, 0.1) is 11.5 Å². The molecule has 1 rings (SSSR count). The highest BCUT2D eigenvalue weighted by Gasteiger charge is 2.34. The van der Waals surface area contributed by atoms with Gasteiger partial charge in [-0.2, -0.15) is 0 Å². The van der Waals surface area contributed by atoms with Crippen LogP contribution in [0.1, 0.15) is 25.7 Å². The fourth-order valence-corrected chi connectivity index (χ4v) is 4.27. The van der Waals surface area contributed by atoms with Crippen LogP contribution in [0, 0.1) is 0 Å². The Bertz CT molecular complexity index is 460. The number of hydrogen-bond donors (Lipinski definition) is 0. The molecule has 94 valence electrons. The van der Waals surface area contributed by atoms with Gasteiger partial charge in [0, 0.05) is 12.7 Å². The highest BCUT2D eigenvalue weighted by atomic mass is 32.2. The number of carbonyl (C=O) groups excluding carboxylic acids is 1. The van der Waals surface area contributed by atoms with Gasteiger partial charge in [0.15, 0.2) is 15.6 Å². The lowest BCUT2D eigenvalue weighted by Crippen LogP contribution is -2.36. The molecule has 0 aromatic heterocycles. The molecule has 1 fully saturated rings. The van der Waals surface area contributed by atoms with Crippen LogP contribution in [0.15, 0.2) is 0 Å². The van der Waals surface area contributed by atoms with Crippen LogP contribution in [-0.2, 0) is 24.5 Å². The maximum Gasteiger partial charge on any atom is 0.160 e. The Morgan fingerprint density at radius 1 is 1.31 bits per heavy atom. The zero-order chi connectivity index (χ0) is 12.4. The third kappa shape index (κ3) is 3.86. The summed E-state index contributed by atoms with van der Waals surface area (Å²) < 4.78 is 44.9. The third-order valence-electron chi connectivity index (χ3n) is 2.66. The lowest BCUT2D eigenvalue weighted by molar-refractivity contribution is -0.118. The first-order valence-electron chi connectivity index (χ1n) is 5.14. The first-order valence-corrected chi connectivity index (χ1v) is 8.92. The second kappa shape index (κ2) is 4.83. The van der Waals surface area contributed by atoms with Crippen molar-refractivity contribution in [1.82, 2.24) is 0 Å². The lowest BCUT2D eigenvalue weighted by atomic mass is 10.1. The molecule has 7 heteroatoms. The average Bonchev–Trinajstić information content (AvgIpc) is 2.12. The first-order chi connectivity index (χ1) is 7.22. The molecular formula is C9H16O5S2. The second-order valence-corrected chi connectivity index (χ2v) is 8.76. The average molecular weight is 268 g/mol. The molecule has 0 radical (unpaired) electrons. The Hall–Kier alpha value is -0.430. The molecule has 0 aromatic carbocycles. The predicted molar refractivity (Wildman–Crippen MR) is 60.8 cm³/mol. The van der Waals surface area contributed by atoms with Crippen molar-refractivity contribution in [2.24, 2.45) is 0 Å². The van der Waals surface area contributed by atoms with Crippen molar-refractivity contribution in [3.63, 3.8) is 0 Å². The summed E-state index contributed by atoms with van der Waals surface area (Å²) in [5.74, 6) is -0.676. The summed E-state index contributed by atoms with van der Waals surface area (Å²) in [6.45, 7) is 0. The van der Waals surface area contributed by atoms with Crippen LogP contribution in [-0.4, -0.2) is 45.6 Å². The molecule has 1 saturated heterocycles. The van der Waals surface area contributed by atoms with Crippen LogP contribution in [0.2, 0.25) is 0 Å². The van der Waals surface area contributed by atoms with E-state index in [1.165, 1.54) is 0 Å². The van der Waals surface area contributed by atoms with E-state index in [4.69, 9.17) is 0 Å². The molecule has 0 spiro atoms. The molecule has 0 aromatic rings. The fourth-order valence-electron chi connectivity index (χ4n) is 1.76. The Morgan fingerprint density at radius 3 is 2.44 bits per heavy atom. The van der Waals surface area contributed by atoms with Gasteiger partial charge in [0.2, 0.25) is 0 Å². The molecule has 1 heterocycles. The molecule has 5 nitrogen and oxygen atoms in total. The number of carbonyl (C=O) groups is 1. The zero-order valence-electron chi connectivity index (χ0n) is 9.18. The molecule has 1 aliphatic heterocycles. The minimum atomic E-state index is -3.33. The molecule has 0 aliphatic carbocycles. The van der Waals surface area contributed by atoms with E-state index in [0.29, 0.717) is 19.3 Å². The first kappa shape index (κ1) is 13.6. The molecule has 0 saturated carbocycles. The summed E-state index contributed by atoms with van der Waals surface area (Å²) in [6.07, 6.45) is 2.50. The molecule has 0 amide bonds. The van der Waals surface area contributed by atoms with Gasteiger partial charge in [0.1, 0.15) is 15.1 Å². The van der Waals surface area contributed by atoms with Crippen LogP contribution in [0.4, 0.5) is 0 Å². The van der Waals surface area contributed by atoms with Crippen LogP contribution in [0.5, 0.6) is 0 Å². The van der Waals surface area contributed by atoms with E-state index in [-0.39, 0.29) is 17.9 Å². The van der Waals surface area contributed by atoms with Gasteiger partial charge in [-0.25, -0.2) is 16.8 Å². The Morgan fingerprint density at radius 2 is 1.94 bits per heavy atom. The molecule has 16 heavy (non-hydrogen) atoms. The maximum atomic E-state index is 11.6. The van der Waals surface area contributed by atoms with E-state index >= 15 is 0 Å². The molecule has 1 unspecified atom stereocenters. The molecule has 0 N–H and O–H groups in total. The quantitative estimate of drug-likeness (QED) is 0.714. The van der Waals surface area contributed by atoms with E-state index in [1.807, 2.05) is 0 Å². The summed E-state index contributed by atoms with van der Waals surface area (Å²) in [6, 6.07) is 0. The summed E-state index contributed by atoms with van der Waals surface area (Å²) in [7, 11) is -6.55. The summed E-state index contributed by atoms with van der Waals surface area (Å²) in [4.78, 5) is 11.6. The van der Waals surface area contributed by atoms with Crippen molar-refractivity contribution in [3.05, 3.63) is 0 Å². The number of rotatable bonds is 4. The van der Waals surface area contributed by atoms with Crippen molar-refractivity contribution in [1.29, 1.82) is 0 Å². The Balaban J connectivity index is 2.67. The Labute approximate surface area is 96.1 Å². The topological polar surface area (TPSA) is 85.3 Å². The highest BCUT2D eigenvalue weighted by molar-refractivity contribution is 7.92. The second-order valence-electron chi connectivity index (χ2n) is 4.20. The summed E-state index contributed by atoms with van der Waals surface area (Å²) in [5, 5.41) is -0.969. The normalized spacial score (nSPS) is 25.2. The van der Waals surface area contributed by atoms with Gasteiger partial charge < -0.3 is 0 Å². The van der Waals surface area contributed by atoms with E-state index in [2.05, 4.69) is 0 Å². The fraction of sp³-hybridized carbons (Fsp3) is 0.889. The molecule has 1 aliphatic rings.